The quantitative estimate of drug-likeness (QED) is 0.195. The fourth-order valence-electron chi connectivity index (χ4n) is 6.04. The molecule has 0 aliphatic carbocycles. The maximum absolute atomic E-state index is 12.2. The lowest BCUT2D eigenvalue weighted by Gasteiger charge is -2.33. The Morgan fingerprint density at radius 3 is 1.84 bits per heavy atom. The molecule has 45 heavy (non-hydrogen) atoms. The van der Waals surface area contributed by atoms with E-state index in [1.807, 2.05) is 12.1 Å². The van der Waals surface area contributed by atoms with Crippen LogP contribution in [0.15, 0.2) is 130 Å². The van der Waals surface area contributed by atoms with E-state index in [4.69, 9.17) is 4.98 Å². The average molecular weight is 627 g/mol. The van der Waals surface area contributed by atoms with Crippen molar-refractivity contribution in [1.29, 1.82) is 0 Å². The first-order valence-electron chi connectivity index (χ1n) is 15.0. The standard InChI is InChI=1S/C39H34N2O2S2/c1-25-14-23-34(41-32-10-6-8-12-35(32)44-36-13-9-7-11-33(36)41)38-37(25)30(26-15-19-28(20-16-26)39(2,3)4)24-31(40-38)27-17-21-29(22-18-27)45(5,42)43/h6-24H,1-5H3. The van der Waals surface area contributed by atoms with E-state index in [-0.39, 0.29) is 5.41 Å². The molecule has 0 bridgehead atoms. The number of fused-ring (bicyclic) bond motifs is 3. The second kappa shape index (κ2) is 10.9. The zero-order chi connectivity index (χ0) is 31.5. The van der Waals surface area contributed by atoms with Crippen LogP contribution in [0, 0.1) is 6.92 Å². The summed E-state index contributed by atoms with van der Waals surface area (Å²) in [6.45, 7) is 8.83. The van der Waals surface area contributed by atoms with E-state index in [0.29, 0.717) is 4.90 Å². The van der Waals surface area contributed by atoms with Gasteiger partial charge in [-0.2, -0.15) is 0 Å². The summed E-state index contributed by atoms with van der Waals surface area (Å²) in [6.07, 6.45) is 1.23. The number of para-hydroxylation sites is 2. The van der Waals surface area contributed by atoms with Gasteiger partial charge in [-0.15, -0.1) is 0 Å². The number of aryl methyl sites for hydroxylation is 1. The normalized spacial score (nSPS) is 13.0. The van der Waals surface area contributed by atoms with Crippen LogP contribution in [0.2, 0.25) is 0 Å². The maximum atomic E-state index is 12.2. The van der Waals surface area contributed by atoms with E-state index in [0.717, 1.165) is 55.9 Å². The van der Waals surface area contributed by atoms with Crippen molar-refractivity contribution in [2.45, 2.75) is 47.8 Å². The molecule has 0 amide bonds. The summed E-state index contributed by atoms with van der Waals surface area (Å²) in [7, 11) is -3.32. The number of sulfone groups is 1. The van der Waals surface area contributed by atoms with Crippen LogP contribution >= 0.6 is 11.8 Å². The number of aromatic nitrogens is 1. The minimum atomic E-state index is -3.32. The molecule has 0 spiro atoms. The highest BCUT2D eigenvalue weighted by Gasteiger charge is 2.27. The van der Waals surface area contributed by atoms with Crippen LogP contribution in [-0.2, 0) is 15.3 Å². The van der Waals surface area contributed by atoms with Gasteiger partial charge in [0.2, 0.25) is 0 Å². The summed E-state index contributed by atoms with van der Waals surface area (Å²) in [5.41, 5.74) is 10.4. The third-order valence-electron chi connectivity index (χ3n) is 8.46. The highest BCUT2D eigenvalue weighted by atomic mass is 32.2. The molecule has 0 N–H and O–H groups in total. The van der Waals surface area contributed by atoms with E-state index < -0.39 is 9.84 Å². The molecular formula is C39H34N2O2S2. The SMILES string of the molecule is Cc1ccc(N2c3ccccc3Sc3ccccc32)c2nc(-c3ccc(S(C)(=O)=O)cc3)cc(-c3ccc(C(C)(C)C)cc3)c12. The summed E-state index contributed by atoms with van der Waals surface area (Å²) in [6, 6.07) is 39.4. The Morgan fingerprint density at radius 1 is 0.689 bits per heavy atom. The van der Waals surface area contributed by atoms with Gasteiger partial charge in [-0.3, -0.25) is 0 Å². The molecule has 0 saturated carbocycles. The lowest BCUT2D eigenvalue weighted by atomic mass is 9.85. The van der Waals surface area contributed by atoms with Gasteiger partial charge in [0.15, 0.2) is 9.84 Å². The summed E-state index contributed by atoms with van der Waals surface area (Å²) in [4.78, 5) is 10.4. The van der Waals surface area contributed by atoms with Gasteiger partial charge in [-0.05, 0) is 83.1 Å². The average Bonchev–Trinajstić information content (AvgIpc) is 3.03. The Balaban J connectivity index is 1.53. The minimum absolute atomic E-state index is 0.0432. The second-order valence-corrected chi connectivity index (χ2v) is 15.8. The van der Waals surface area contributed by atoms with Crippen molar-refractivity contribution >= 4 is 49.6 Å². The van der Waals surface area contributed by atoms with Crippen LogP contribution < -0.4 is 4.90 Å². The predicted octanol–water partition coefficient (Wildman–Crippen LogP) is 10.5. The zero-order valence-electron chi connectivity index (χ0n) is 26.0. The fraction of sp³-hybridized carbons (Fsp3) is 0.154. The molecule has 0 fully saturated rings. The molecule has 0 saturated heterocycles. The molecule has 224 valence electrons. The molecule has 6 heteroatoms. The van der Waals surface area contributed by atoms with Gasteiger partial charge in [-0.25, -0.2) is 13.4 Å². The number of hydrogen-bond donors (Lipinski definition) is 0. The number of anilines is 3. The number of nitrogens with zero attached hydrogens (tertiary/aromatic N) is 2. The molecule has 0 radical (unpaired) electrons. The van der Waals surface area contributed by atoms with Gasteiger partial charge in [0.25, 0.3) is 0 Å². The number of rotatable bonds is 4. The van der Waals surface area contributed by atoms with Crippen molar-refractivity contribution in [3.05, 3.63) is 126 Å². The topological polar surface area (TPSA) is 50.3 Å². The molecule has 1 aliphatic heterocycles. The van der Waals surface area contributed by atoms with Gasteiger partial charge in [-0.1, -0.05) is 99.3 Å². The van der Waals surface area contributed by atoms with Crippen LogP contribution in [0.25, 0.3) is 33.3 Å². The Hall–Kier alpha value is -4.39. The van der Waals surface area contributed by atoms with Crippen molar-refractivity contribution in [2.75, 3.05) is 11.2 Å². The lowest BCUT2D eigenvalue weighted by molar-refractivity contribution is 0.590. The van der Waals surface area contributed by atoms with Gasteiger partial charge in [0.05, 0.1) is 33.2 Å². The summed E-state index contributed by atoms with van der Waals surface area (Å²) in [5, 5.41) is 1.10. The highest BCUT2D eigenvalue weighted by molar-refractivity contribution is 7.99. The van der Waals surface area contributed by atoms with Crippen LogP contribution in [0.5, 0.6) is 0 Å². The summed E-state index contributed by atoms with van der Waals surface area (Å²) in [5.74, 6) is 0. The molecule has 1 aliphatic rings. The van der Waals surface area contributed by atoms with E-state index in [1.54, 1.807) is 23.9 Å². The van der Waals surface area contributed by atoms with E-state index >= 15 is 0 Å². The Kier molecular flexibility index (Phi) is 7.10. The van der Waals surface area contributed by atoms with Crippen LogP contribution in [-0.4, -0.2) is 19.7 Å². The molecule has 0 atom stereocenters. The third-order valence-corrected chi connectivity index (χ3v) is 10.7. The monoisotopic (exact) mass is 626 g/mol. The molecule has 0 unspecified atom stereocenters. The smallest absolute Gasteiger partial charge is 0.175 e. The van der Waals surface area contributed by atoms with Crippen LogP contribution in [0.3, 0.4) is 0 Å². The molecule has 5 aromatic carbocycles. The fourth-order valence-corrected chi connectivity index (χ4v) is 7.73. The Bertz CT molecular complexity index is 2150. The summed E-state index contributed by atoms with van der Waals surface area (Å²) >= 11 is 1.78. The lowest BCUT2D eigenvalue weighted by Crippen LogP contribution is -2.15. The minimum Gasteiger partial charge on any atom is -0.306 e. The van der Waals surface area contributed by atoms with Crippen molar-refractivity contribution in [2.24, 2.45) is 0 Å². The highest BCUT2D eigenvalue weighted by Crippen LogP contribution is 2.53. The largest absolute Gasteiger partial charge is 0.306 e. The number of pyridine rings is 1. The van der Waals surface area contributed by atoms with E-state index in [1.165, 1.54) is 21.6 Å². The third kappa shape index (κ3) is 5.32. The first-order chi connectivity index (χ1) is 21.5. The van der Waals surface area contributed by atoms with Crippen molar-refractivity contribution in [3.8, 4) is 22.4 Å². The first-order valence-corrected chi connectivity index (χ1v) is 17.7. The summed E-state index contributed by atoms with van der Waals surface area (Å²) < 4.78 is 24.5. The van der Waals surface area contributed by atoms with E-state index in [2.05, 4.69) is 124 Å². The van der Waals surface area contributed by atoms with Crippen LogP contribution in [0.4, 0.5) is 17.1 Å². The number of benzene rings is 5. The van der Waals surface area contributed by atoms with Crippen LogP contribution in [0.1, 0.15) is 31.9 Å². The molecule has 7 rings (SSSR count). The molecule has 4 nitrogen and oxygen atoms in total. The Labute approximate surface area is 269 Å². The maximum Gasteiger partial charge on any atom is 0.175 e. The molecule has 1 aromatic heterocycles. The number of hydrogen-bond acceptors (Lipinski definition) is 5. The van der Waals surface area contributed by atoms with Gasteiger partial charge in [0, 0.05) is 27.0 Å². The van der Waals surface area contributed by atoms with Gasteiger partial charge >= 0.3 is 0 Å². The van der Waals surface area contributed by atoms with Crippen molar-refractivity contribution in [1.82, 2.24) is 4.98 Å². The molecular weight excluding hydrogens is 593 g/mol. The van der Waals surface area contributed by atoms with Crippen molar-refractivity contribution < 1.29 is 8.42 Å². The Morgan fingerprint density at radius 2 is 1.27 bits per heavy atom. The molecule has 2 heterocycles. The van der Waals surface area contributed by atoms with Crippen molar-refractivity contribution in [3.63, 3.8) is 0 Å². The van der Waals surface area contributed by atoms with Gasteiger partial charge < -0.3 is 4.90 Å². The van der Waals surface area contributed by atoms with E-state index in [9.17, 15) is 8.42 Å². The zero-order valence-corrected chi connectivity index (χ0v) is 27.6. The second-order valence-electron chi connectivity index (χ2n) is 12.7. The molecule has 6 aromatic rings. The predicted molar refractivity (Wildman–Crippen MR) is 188 cm³/mol. The first kappa shape index (κ1) is 29.3. The van der Waals surface area contributed by atoms with Gasteiger partial charge in [0.1, 0.15) is 0 Å².